The third-order valence-electron chi connectivity index (χ3n) is 4.14. The molecule has 2 aromatic carbocycles. The van der Waals surface area contributed by atoms with Gasteiger partial charge in [-0.25, -0.2) is 0 Å². The highest BCUT2D eigenvalue weighted by molar-refractivity contribution is 6.09. The number of Topliss-reactive ketones (excluding diaryl/α,β-unsaturated/α-hetero) is 2. The minimum Gasteiger partial charge on any atom is -0.465 e. The average Bonchev–Trinajstić information content (AvgIpc) is 2.68. The maximum Gasteiger partial charge on any atom is 0.416 e. The Morgan fingerprint density at radius 2 is 1.54 bits per heavy atom. The quantitative estimate of drug-likeness (QED) is 0.370. The number of ketones is 2. The lowest BCUT2D eigenvalue weighted by Gasteiger charge is -2.14. The maximum atomic E-state index is 12.6. The zero-order valence-electron chi connectivity index (χ0n) is 15.2. The second-order valence-electron chi connectivity index (χ2n) is 6.07. The van der Waals surface area contributed by atoms with Gasteiger partial charge >= 0.3 is 12.1 Å². The molecule has 0 aliphatic heterocycles. The van der Waals surface area contributed by atoms with Gasteiger partial charge in [-0.05, 0) is 25.5 Å². The molecule has 28 heavy (non-hydrogen) atoms. The van der Waals surface area contributed by atoms with Crippen molar-refractivity contribution in [3.63, 3.8) is 0 Å². The minimum absolute atomic E-state index is 0.0859. The smallest absolute Gasteiger partial charge is 0.416 e. The van der Waals surface area contributed by atoms with Gasteiger partial charge in [0.15, 0.2) is 11.6 Å². The van der Waals surface area contributed by atoms with E-state index < -0.39 is 35.2 Å². The normalized spacial score (nSPS) is 12.3. The summed E-state index contributed by atoms with van der Waals surface area (Å²) in [7, 11) is 0. The molecule has 1 unspecified atom stereocenters. The number of hydrogen-bond donors (Lipinski definition) is 0. The largest absolute Gasteiger partial charge is 0.465 e. The van der Waals surface area contributed by atoms with Crippen LogP contribution in [0.25, 0.3) is 0 Å². The third-order valence-corrected chi connectivity index (χ3v) is 4.14. The summed E-state index contributed by atoms with van der Waals surface area (Å²) < 4.78 is 42.8. The van der Waals surface area contributed by atoms with Crippen molar-refractivity contribution >= 4 is 17.5 Å². The molecule has 7 heteroatoms. The molecule has 0 heterocycles. The van der Waals surface area contributed by atoms with E-state index >= 15 is 0 Å². The van der Waals surface area contributed by atoms with Crippen LogP contribution in [0.5, 0.6) is 0 Å². The Kier molecular flexibility index (Phi) is 7.09. The number of rotatable bonds is 8. The van der Waals surface area contributed by atoms with E-state index in [1.807, 2.05) is 0 Å². The second-order valence-corrected chi connectivity index (χ2v) is 6.07. The Morgan fingerprint density at radius 1 is 0.929 bits per heavy atom. The molecule has 0 bridgehead atoms. The number of esters is 1. The summed E-state index contributed by atoms with van der Waals surface area (Å²) in [5, 5.41) is 0. The third kappa shape index (κ3) is 5.52. The molecule has 1 atom stereocenters. The molecular formula is C21H19F3O4. The Bertz CT molecular complexity index is 827. The van der Waals surface area contributed by atoms with Gasteiger partial charge in [0.2, 0.25) is 0 Å². The van der Waals surface area contributed by atoms with Crippen LogP contribution in [-0.4, -0.2) is 24.1 Å². The van der Waals surface area contributed by atoms with Crippen LogP contribution in [0.4, 0.5) is 13.2 Å². The van der Waals surface area contributed by atoms with Crippen LogP contribution in [0.3, 0.4) is 0 Å². The van der Waals surface area contributed by atoms with Gasteiger partial charge in [0.25, 0.3) is 0 Å². The van der Waals surface area contributed by atoms with Crippen LogP contribution >= 0.6 is 0 Å². The van der Waals surface area contributed by atoms with Gasteiger partial charge in [-0.2, -0.15) is 13.2 Å². The van der Waals surface area contributed by atoms with Crippen LogP contribution in [0, 0.1) is 5.92 Å². The summed E-state index contributed by atoms with van der Waals surface area (Å²) in [4.78, 5) is 37.1. The Balaban J connectivity index is 2.11. The van der Waals surface area contributed by atoms with E-state index in [-0.39, 0.29) is 25.0 Å². The molecule has 0 radical (unpaired) electrons. The lowest BCUT2D eigenvalue weighted by Crippen LogP contribution is -2.27. The molecule has 0 N–H and O–H groups in total. The monoisotopic (exact) mass is 392 g/mol. The molecule has 2 aromatic rings. The van der Waals surface area contributed by atoms with Gasteiger partial charge in [-0.1, -0.05) is 42.5 Å². The first-order valence-electron chi connectivity index (χ1n) is 8.70. The topological polar surface area (TPSA) is 60.4 Å². The number of halogens is 3. The van der Waals surface area contributed by atoms with Crippen LogP contribution in [-0.2, 0) is 15.7 Å². The molecule has 0 aromatic heterocycles. The number of benzene rings is 2. The zero-order valence-corrected chi connectivity index (χ0v) is 15.2. The molecule has 0 spiro atoms. The zero-order chi connectivity index (χ0) is 20.7. The summed E-state index contributed by atoms with van der Waals surface area (Å²) in [6.07, 6.45) is -4.75. The van der Waals surface area contributed by atoms with Crippen LogP contribution in [0.15, 0.2) is 54.6 Å². The summed E-state index contributed by atoms with van der Waals surface area (Å²) >= 11 is 0. The van der Waals surface area contributed by atoms with E-state index in [0.717, 1.165) is 24.3 Å². The van der Waals surface area contributed by atoms with Crippen molar-refractivity contribution in [3.8, 4) is 0 Å². The van der Waals surface area contributed by atoms with Crippen molar-refractivity contribution in [3.05, 3.63) is 71.3 Å². The molecule has 148 valence electrons. The van der Waals surface area contributed by atoms with Gasteiger partial charge in [0.05, 0.1) is 12.2 Å². The van der Waals surface area contributed by atoms with E-state index in [1.165, 1.54) is 0 Å². The molecule has 4 nitrogen and oxygen atoms in total. The van der Waals surface area contributed by atoms with Gasteiger partial charge in [-0.3, -0.25) is 14.4 Å². The number of carbonyl (C=O) groups is 3. The average molecular weight is 392 g/mol. The van der Waals surface area contributed by atoms with Gasteiger partial charge in [0, 0.05) is 17.5 Å². The number of carbonyl (C=O) groups excluding carboxylic acids is 3. The van der Waals surface area contributed by atoms with E-state index in [9.17, 15) is 27.6 Å². The lowest BCUT2D eigenvalue weighted by atomic mass is 9.91. The molecule has 0 amide bonds. The van der Waals surface area contributed by atoms with Crippen molar-refractivity contribution in [2.45, 2.75) is 25.9 Å². The molecule has 2 rings (SSSR count). The van der Waals surface area contributed by atoms with E-state index in [0.29, 0.717) is 5.56 Å². The van der Waals surface area contributed by atoms with E-state index in [2.05, 4.69) is 0 Å². The molecular weight excluding hydrogens is 373 g/mol. The predicted molar refractivity (Wildman–Crippen MR) is 95.9 cm³/mol. The second kappa shape index (κ2) is 9.30. The first-order chi connectivity index (χ1) is 13.2. The fraction of sp³-hybridized carbons (Fsp3) is 0.286. The Labute approximate surface area is 160 Å². The first-order valence-corrected chi connectivity index (χ1v) is 8.70. The fourth-order valence-corrected chi connectivity index (χ4v) is 2.67. The van der Waals surface area contributed by atoms with Crippen LogP contribution < -0.4 is 0 Å². The highest BCUT2D eigenvalue weighted by atomic mass is 19.4. The summed E-state index contributed by atoms with van der Waals surface area (Å²) in [6.45, 7) is 1.69. The van der Waals surface area contributed by atoms with Crippen molar-refractivity contribution in [2.75, 3.05) is 6.61 Å². The number of alkyl halides is 3. The number of ether oxygens (including phenoxy) is 1. The predicted octanol–water partition coefficient (Wildman–Crippen LogP) is 4.73. The summed E-state index contributed by atoms with van der Waals surface area (Å²) in [5.74, 6) is -2.79. The molecule has 0 aliphatic rings. The van der Waals surface area contributed by atoms with Crippen molar-refractivity contribution in [1.82, 2.24) is 0 Å². The Hall–Kier alpha value is -2.96. The summed E-state index contributed by atoms with van der Waals surface area (Å²) in [5.41, 5.74) is -0.446. The lowest BCUT2D eigenvalue weighted by molar-refractivity contribution is -0.146. The van der Waals surface area contributed by atoms with Crippen LogP contribution in [0.1, 0.15) is 46.0 Å². The van der Waals surface area contributed by atoms with E-state index in [1.54, 1.807) is 37.3 Å². The maximum absolute atomic E-state index is 12.6. The highest BCUT2D eigenvalue weighted by Gasteiger charge is 2.31. The van der Waals surface area contributed by atoms with E-state index in [4.69, 9.17) is 4.74 Å². The van der Waals surface area contributed by atoms with Gasteiger partial charge < -0.3 is 4.74 Å². The number of hydrogen-bond acceptors (Lipinski definition) is 4. The van der Waals surface area contributed by atoms with Crippen LogP contribution in [0.2, 0.25) is 0 Å². The molecule has 0 saturated carbocycles. The molecule has 0 fully saturated rings. The van der Waals surface area contributed by atoms with Crippen molar-refractivity contribution < 1.29 is 32.3 Å². The van der Waals surface area contributed by atoms with Gasteiger partial charge in [0.1, 0.15) is 5.92 Å². The Morgan fingerprint density at radius 3 is 2.07 bits per heavy atom. The van der Waals surface area contributed by atoms with Crippen molar-refractivity contribution in [2.24, 2.45) is 5.92 Å². The molecule has 0 aliphatic carbocycles. The fourth-order valence-electron chi connectivity index (χ4n) is 2.67. The highest BCUT2D eigenvalue weighted by Crippen LogP contribution is 2.29. The van der Waals surface area contributed by atoms with Gasteiger partial charge in [-0.15, -0.1) is 0 Å². The standard InChI is InChI=1S/C21H19F3O4/c1-2-28-20(27)17(19(26)15-6-4-3-5-7-15)12-13-18(25)14-8-10-16(11-9-14)21(22,23)24/h3-11,17H,2,12-13H2,1H3. The summed E-state index contributed by atoms with van der Waals surface area (Å²) in [6, 6.07) is 12.0. The first kappa shape index (κ1) is 21.3. The molecule has 0 saturated heterocycles. The van der Waals surface area contributed by atoms with Crippen molar-refractivity contribution in [1.29, 1.82) is 0 Å². The SMILES string of the molecule is CCOC(=O)C(CCC(=O)c1ccc(C(F)(F)F)cc1)C(=O)c1ccccc1. The minimum atomic E-state index is -4.49.